The Hall–Kier alpha value is -1.62. The molecule has 0 aromatic carbocycles. The van der Waals surface area contributed by atoms with Gasteiger partial charge in [0, 0.05) is 35.8 Å². The van der Waals surface area contributed by atoms with Crippen molar-refractivity contribution in [1.82, 2.24) is 14.6 Å². The molecule has 2 aromatic heterocycles. The normalized spacial score (nSPS) is 12.1. The van der Waals surface area contributed by atoms with Crippen LogP contribution in [0.25, 0.3) is 5.65 Å². The van der Waals surface area contributed by atoms with Gasteiger partial charge >= 0.3 is 0 Å². The lowest BCUT2D eigenvalue weighted by atomic mass is 9.93. The maximum atomic E-state index is 5.58. The molecule has 5 nitrogen and oxygen atoms in total. The van der Waals surface area contributed by atoms with Gasteiger partial charge in [-0.2, -0.15) is 9.61 Å². The number of aromatic nitrogens is 3. The fourth-order valence-corrected chi connectivity index (χ4v) is 1.97. The van der Waals surface area contributed by atoms with Gasteiger partial charge in [0.05, 0.1) is 5.69 Å². The van der Waals surface area contributed by atoms with Crippen LogP contribution in [0.3, 0.4) is 0 Å². The summed E-state index contributed by atoms with van der Waals surface area (Å²) in [5, 5.41) is 8.04. The standard InChI is InChI=1S/C14H23N5/c1-9-10(2)17-12-8-11(14(3,4)5)18-19(12)13(9)16-7-6-15/h8,16H,6-7,15H2,1-5H3. The fourth-order valence-electron chi connectivity index (χ4n) is 1.97. The van der Waals surface area contributed by atoms with Crippen LogP contribution in [-0.2, 0) is 5.41 Å². The van der Waals surface area contributed by atoms with Crippen molar-refractivity contribution in [3.8, 4) is 0 Å². The van der Waals surface area contributed by atoms with E-state index < -0.39 is 0 Å². The van der Waals surface area contributed by atoms with Gasteiger partial charge in [0.15, 0.2) is 5.65 Å². The first-order valence-electron chi connectivity index (χ1n) is 6.66. The fraction of sp³-hybridized carbons (Fsp3) is 0.571. The van der Waals surface area contributed by atoms with Crippen LogP contribution < -0.4 is 11.1 Å². The average Bonchev–Trinajstić information content (AvgIpc) is 2.73. The lowest BCUT2D eigenvalue weighted by Gasteiger charge is -2.14. The number of nitrogens with zero attached hydrogens (tertiary/aromatic N) is 3. The molecule has 0 aliphatic heterocycles. The minimum atomic E-state index is 0.0145. The summed E-state index contributed by atoms with van der Waals surface area (Å²) in [7, 11) is 0. The van der Waals surface area contributed by atoms with Gasteiger partial charge in [0.2, 0.25) is 0 Å². The van der Waals surface area contributed by atoms with Gasteiger partial charge in [0.1, 0.15) is 5.82 Å². The SMILES string of the molecule is Cc1nc2cc(C(C)(C)C)nn2c(NCCN)c1C. The van der Waals surface area contributed by atoms with Crippen molar-refractivity contribution < 1.29 is 0 Å². The number of nitrogens with two attached hydrogens (primary N) is 1. The molecule has 5 heteroatoms. The van der Waals surface area contributed by atoms with E-state index in [0.717, 1.165) is 35.0 Å². The van der Waals surface area contributed by atoms with Crippen LogP contribution in [-0.4, -0.2) is 27.7 Å². The van der Waals surface area contributed by atoms with Crippen LogP contribution in [0.4, 0.5) is 5.82 Å². The zero-order valence-corrected chi connectivity index (χ0v) is 12.4. The largest absolute Gasteiger partial charge is 0.368 e. The van der Waals surface area contributed by atoms with Gasteiger partial charge in [-0.3, -0.25) is 0 Å². The number of anilines is 1. The van der Waals surface area contributed by atoms with E-state index in [1.807, 2.05) is 11.4 Å². The Morgan fingerprint density at radius 1 is 1.32 bits per heavy atom. The Balaban J connectivity index is 2.63. The molecule has 0 atom stereocenters. The number of fused-ring (bicyclic) bond motifs is 1. The summed E-state index contributed by atoms with van der Waals surface area (Å²) in [5.74, 6) is 0.989. The molecule has 0 spiro atoms. The lowest BCUT2D eigenvalue weighted by Crippen LogP contribution is -2.17. The predicted molar refractivity (Wildman–Crippen MR) is 78.7 cm³/mol. The first-order chi connectivity index (χ1) is 8.84. The molecule has 0 amide bonds. The van der Waals surface area contributed by atoms with Crippen molar-refractivity contribution in [2.45, 2.75) is 40.0 Å². The molecule has 19 heavy (non-hydrogen) atoms. The highest BCUT2D eigenvalue weighted by atomic mass is 15.3. The van der Waals surface area contributed by atoms with Crippen molar-refractivity contribution in [2.24, 2.45) is 5.73 Å². The monoisotopic (exact) mass is 261 g/mol. The minimum Gasteiger partial charge on any atom is -0.368 e. The molecule has 0 bridgehead atoms. The quantitative estimate of drug-likeness (QED) is 0.887. The summed E-state index contributed by atoms with van der Waals surface area (Å²) in [6.45, 7) is 11.9. The lowest BCUT2D eigenvalue weighted by molar-refractivity contribution is 0.563. The van der Waals surface area contributed by atoms with E-state index >= 15 is 0 Å². The third-order valence-electron chi connectivity index (χ3n) is 3.29. The smallest absolute Gasteiger partial charge is 0.157 e. The third kappa shape index (κ3) is 2.56. The molecule has 0 unspecified atom stereocenters. The Morgan fingerprint density at radius 3 is 2.58 bits per heavy atom. The van der Waals surface area contributed by atoms with Crippen LogP contribution in [0.15, 0.2) is 6.07 Å². The van der Waals surface area contributed by atoms with Crippen LogP contribution >= 0.6 is 0 Å². The van der Waals surface area contributed by atoms with E-state index in [4.69, 9.17) is 5.73 Å². The van der Waals surface area contributed by atoms with Gasteiger partial charge in [-0.1, -0.05) is 20.8 Å². The zero-order chi connectivity index (χ0) is 14.2. The summed E-state index contributed by atoms with van der Waals surface area (Å²) in [6.07, 6.45) is 0. The molecule has 0 saturated carbocycles. The molecule has 0 radical (unpaired) electrons. The highest BCUT2D eigenvalue weighted by Crippen LogP contribution is 2.25. The van der Waals surface area contributed by atoms with E-state index in [1.165, 1.54) is 0 Å². The van der Waals surface area contributed by atoms with E-state index in [2.05, 4.69) is 49.2 Å². The molecule has 2 heterocycles. The van der Waals surface area contributed by atoms with Gasteiger partial charge in [-0.05, 0) is 13.8 Å². The van der Waals surface area contributed by atoms with Crippen molar-refractivity contribution in [2.75, 3.05) is 18.4 Å². The van der Waals surface area contributed by atoms with Gasteiger partial charge < -0.3 is 11.1 Å². The predicted octanol–water partition coefficient (Wildman–Crippen LogP) is 2.01. The molecule has 3 N–H and O–H groups in total. The van der Waals surface area contributed by atoms with Gasteiger partial charge in [-0.15, -0.1) is 0 Å². The minimum absolute atomic E-state index is 0.0145. The maximum Gasteiger partial charge on any atom is 0.157 e. The number of aryl methyl sites for hydroxylation is 1. The average molecular weight is 261 g/mol. The Labute approximate surface area is 114 Å². The highest BCUT2D eigenvalue weighted by Gasteiger charge is 2.20. The molecular weight excluding hydrogens is 238 g/mol. The van der Waals surface area contributed by atoms with Crippen molar-refractivity contribution in [3.05, 3.63) is 23.0 Å². The van der Waals surface area contributed by atoms with Crippen LogP contribution in [0.1, 0.15) is 37.7 Å². The van der Waals surface area contributed by atoms with Gasteiger partial charge in [-0.25, -0.2) is 4.98 Å². The number of rotatable bonds is 3. The molecule has 2 aromatic rings. The number of nitrogens with one attached hydrogen (secondary N) is 1. The summed E-state index contributed by atoms with van der Waals surface area (Å²) in [6, 6.07) is 2.06. The van der Waals surface area contributed by atoms with E-state index in [0.29, 0.717) is 6.54 Å². The molecule has 0 aliphatic carbocycles. The van der Waals surface area contributed by atoms with Crippen molar-refractivity contribution in [3.63, 3.8) is 0 Å². The van der Waals surface area contributed by atoms with E-state index in [-0.39, 0.29) is 5.41 Å². The van der Waals surface area contributed by atoms with E-state index in [1.54, 1.807) is 0 Å². The van der Waals surface area contributed by atoms with Crippen LogP contribution in [0.2, 0.25) is 0 Å². The molecular formula is C14H23N5. The topological polar surface area (TPSA) is 68.2 Å². The first kappa shape index (κ1) is 13.8. The number of hydrogen-bond donors (Lipinski definition) is 2. The molecule has 104 valence electrons. The molecule has 0 fully saturated rings. The second-order valence-corrected chi connectivity index (χ2v) is 5.94. The Morgan fingerprint density at radius 2 is 2.00 bits per heavy atom. The maximum absolute atomic E-state index is 5.58. The second-order valence-electron chi connectivity index (χ2n) is 5.94. The first-order valence-corrected chi connectivity index (χ1v) is 6.66. The van der Waals surface area contributed by atoms with Crippen LogP contribution in [0, 0.1) is 13.8 Å². The van der Waals surface area contributed by atoms with E-state index in [9.17, 15) is 0 Å². The third-order valence-corrected chi connectivity index (χ3v) is 3.29. The number of hydrogen-bond acceptors (Lipinski definition) is 4. The molecule has 0 aliphatic rings. The Kier molecular flexibility index (Phi) is 3.49. The highest BCUT2D eigenvalue weighted by molar-refractivity contribution is 5.56. The summed E-state index contributed by atoms with van der Waals surface area (Å²) in [4.78, 5) is 4.61. The molecule has 2 rings (SSSR count). The summed E-state index contributed by atoms with van der Waals surface area (Å²) < 4.78 is 1.89. The Bertz CT molecular complexity index is 592. The molecule has 0 saturated heterocycles. The summed E-state index contributed by atoms with van der Waals surface area (Å²) in [5.41, 5.74) is 9.65. The zero-order valence-electron chi connectivity index (χ0n) is 12.4. The van der Waals surface area contributed by atoms with Crippen molar-refractivity contribution in [1.29, 1.82) is 0 Å². The van der Waals surface area contributed by atoms with Crippen LogP contribution in [0.5, 0.6) is 0 Å². The second kappa shape index (κ2) is 4.81. The van der Waals surface area contributed by atoms with Gasteiger partial charge in [0.25, 0.3) is 0 Å². The van der Waals surface area contributed by atoms with Crippen molar-refractivity contribution >= 4 is 11.5 Å². The summed E-state index contributed by atoms with van der Waals surface area (Å²) >= 11 is 0.